The van der Waals surface area contributed by atoms with Crippen molar-refractivity contribution in [3.63, 3.8) is 0 Å². The molecule has 1 amide bonds. The van der Waals surface area contributed by atoms with Crippen LogP contribution in [-0.2, 0) is 6.18 Å². The molecule has 1 atom stereocenters. The van der Waals surface area contributed by atoms with Gasteiger partial charge in [-0.05, 0) is 24.5 Å². The number of carbonyl (C=O) groups is 1. The van der Waals surface area contributed by atoms with Gasteiger partial charge in [-0.15, -0.1) is 0 Å². The van der Waals surface area contributed by atoms with E-state index < -0.39 is 17.8 Å². The van der Waals surface area contributed by atoms with Crippen LogP contribution in [0.5, 0.6) is 0 Å². The van der Waals surface area contributed by atoms with Crippen LogP contribution in [0.2, 0.25) is 0 Å². The van der Waals surface area contributed by atoms with Crippen LogP contribution in [0.3, 0.4) is 0 Å². The molecule has 2 aromatic rings. The Bertz CT molecular complexity index is 698. The SMILES string of the molecule is CC(NC(=O)c1nc(C(F)(F)F)c2ccccn12)C(C)(C)C. The molecular weight excluding hydrogens is 295 g/mol. The minimum atomic E-state index is -4.61. The first-order valence-corrected chi connectivity index (χ1v) is 6.87. The van der Waals surface area contributed by atoms with Crippen molar-refractivity contribution in [1.82, 2.24) is 14.7 Å². The van der Waals surface area contributed by atoms with Gasteiger partial charge < -0.3 is 5.32 Å². The molecule has 1 unspecified atom stereocenters. The highest BCUT2D eigenvalue weighted by molar-refractivity contribution is 5.92. The summed E-state index contributed by atoms with van der Waals surface area (Å²) >= 11 is 0. The van der Waals surface area contributed by atoms with Gasteiger partial charge in [-0.3, -0.25) is 9.20 Å². The molecule has 0 aliphatic heterocycles. The van der Waals surface area contributed by atoms with Gasteiger partial charge >= 0.3 is 6.18 Å². The zero-order valence-corrected chi connectivity index (χ0v) is 12.8. The van der Waals surface area contributed by atoms with Gasteiger partial charge in [0.2, 0.25) is 5.82 Å². The maximum atomic E-state index is 13.0. The monoisotopic (exact) mass is 313 g/mol. The van der Waals surface area contributed by atoms with Crippen LogP contribution >= 0.6 is 0 Å². The highest BCUT2D eigenvalue weighted by Crippen LogP contribution is 2.32. The largest absolute Gasteiger partial charge is 0.435 e. The number of amides is 1. The van der Waals surface area contributed by atoms with Crippen molar-refractivity contribution < 1.29 is 18.0 Å². The van der Waals surface area contributed by atoms with E-state index in [1.54, 1.807) is 13.0 Å². The molecule has 0 aromatic carbocycles. The van der Waals surface area contributed by atoms with Crippen molar-refractivity contribution in [3.8, 4) is 0 Å². The van der Waals surface area contributed by atoms with Crippen molar-refractivity contribution in [2.24, 2.45) is 5.41 Å². The van der Waals surface area contributed by atoms with E-state index in [4.69, 9.17) is 0 Å². The summed E-state index contributed by atoms with van der Waals surface area (Å²) in [6.07, 6.45) is -3.21. The number of imidazole rings is 1. The maximum absolute atomic E-state index is 13.0. The standard InChI is InChI=1S/C15H18F3N3O/c1-9(14(2,3)4)19-13(22)12-20-11(15(16,17)18)10-7-5-6-8-21(10)12/h5-9H,1-4H3,(H,19,22). The topological polar surface area (TPSA) is 46.4 Å². The minimum absolute atomic E-state index is 0.136. The Morgan fingerprint density at radius 3 is 2.45 bits per heavy atom. The lowest BCUT2D eigenvalue weighted by Crippen LogP contribution is -2.42. The quantitative estimate of drug-likeness (QED) is 0.922. The maximum Gasteiger partial charge on any atom is 0.435 e. The fraction of sp³-hybridized carbons (Fsp3) is 0.467. The lowest BCUT2D eigenvalue weighted by Gasteiger charge is -2.27. The minimum Gasteiger partial charge on any atom is -0.346 e. The van der Waals surface area contributed by atoms with Crippen molar-refractivity contribution in [3.05, 3.63) is 35.9 Å². The molecule has 0 bridgehead atoms. The van der Waals surface area contributed by atoms with Crippen LogP contribution in [0, 0.1) is 5.41 Å². The Morgan fingerprint density at radius 1 is 1.27 bits per heavy atom. The summed E-state index contributed by atoms with van der Waals surface area (Å²) in [6.45, 7) is 7.60. The number of hydrogen-bond acceptors (Lipinski definition) is 2. The normalized spacial score (nSPS) is 14.1. The Kier molecular flexibility index (Phi) is 3.93. The lowest BCUT2D eigenvalue weighted by molar-refractivity contribution is -0.139. The van der Waals surface area contributed by atoms with Crippen molar-refractivity contribution in [2.45, 2.75) is 39.9 Å². The second kappa shape index (κ2) is 5.30. The number of fused-ring (bicyclic) bond motifs is 1. The van der Waals surface area contributed by atoms with Crippen molar-refractivity contribution in [2.75, 3.05) is 0 Å². The van der Waals surface area contributed by atoms with E-state index in [0.29, 0.717) is 0 Å². The number of hydrogen-bond donors (Lipinski definition) is 1. The molecule has 0 aliphatic rings. The van der Waals surface area contributed by atoms with Crippen LogP contribution in [0.15, 0.2) is 24.4 Å². The summed E-state index contributed by atoms with van der Waals surface area (Å²) in [6, 6.07) is 4.11. The number of alkyl halides is 3. The Hall–Kier alpha value is -2.05. The molecule has 2 aromatic heterocycles. The summed E-state index contributed by atoms with van der Waals surface area (Å²) in [5.41, 5.74) is -1.40. The predicted octanol–water partition coefficient (Wildman–Crippen LogP) is 3.52. The van der Waals surface area contributed by atoms with E-state index in [0.717, 1.165) is 4.40 Å². The summed E-state index contributed by atoms with van der Waals surface area (Å²) in [4.78, 5) is 15.8. The Labute approximate surface area is 126 Å². The van der Waals surface area contributed by atoms with Gasteiger partial charge in [0, 0.05) is 12.2 Å². The van der Waals surface area contributed by atoms with E-state index in [2.05, 4.69) is 10.3 Å². The first kappa shape index (κ1) is 16.3. The molecule has 7 heteroatoms. The number of carbonyl (C=O) groups excluding carboxylic acids is 1. The van der Waals surface area contributed by atoms with Crippen LogP contribution in [0.25, 0.3) is 5.52 Å². The molecule has 0 aliphatic carbocycles. The van der Waals surface area contributed by atoms with Gasteiger partial charge in [0.25, 0.3) is 5.91 Å². The number of aromatic nitrogens is 2. The number of rotatable bonds is 2. The first-order chi connectivity index (χ1) is 10.0. The van der Waals surface area contributed by atoms with Gasteiger partial charge in [0.15, 0.2) is 5.69 Å². The molecule has 4 nitrogen and oxygen atoms in total. The molecule has 0 saturated heterocycles. The second-order valence-corrected chi connectivity index (χ2v) is 6.30. The molecule has 0 fully saturated rings. The number of halogens is 3. The number of nitrogens with one attached hydrogen (secondary N) is 1. The van der Waals surface area contributed by atoms with Gasteiger partial charge in [-0.2, -0.15) is 13.2 Å². The third-order valence-corrected chi connectivity index (χ3v) is 3.67. The average molecular weight is 313 g/mol. The third-order valence-electron chi connectivity index (χ3n) is 3.67. The van der Waals surface area contributed by atoms with Crippen LogP contribution in [-0.4, -0.2) is 21.3 Å². The van der Waals surface area contributed by atoms with Crippen LogP contribution in [0.4, 0.5) is 13.2 Å². The summed E-state index contributed by atoms with van der Waals surface area (Å²) in [5, 5.41) is 2.70. The summed E-state index contributed by atoms with van der Waals surface area (Å²) in [7, 11) is 0. The van der Waals surface area contributed by atoms with Gasteiger partial charge in [0.1, 0.15) is 0 Å². The smallest absolute Gasteiger partial charge is 0.346 e. The Balaban J connectivity index is 2.46. The van der Waals surface area contributed by atoms with Gasteiger partial charge in [-0.25, -0.2) is 4.98 Å². The molecule has 0 radical (unpaired) electrons. The van der Waals surface area contributed by atoms with Crippen LogP contribution in [0.1, 0.15) is 44.0 Å². The van der Waals surface area contributed by atoms with Crippen molar-refractivity contribution in [1.29, 1.82) is 0 Å². The van der Waals surface area contributed by atoms with E-state index in [-0.39, 0.29) is 22.8 Å². The molecule has 22 heavy (non-hydrogen) atoms. The predicted molar refractivity (Wildman–Crippen MR) is 76.6 cm³/mol. The second-order valence-electron chi connectivity index (χ2n) is 6.30. The van der Waals surface area contributed by atoms with E-state index in [1.807, 2.05) is 20.8 Å². The highest BCUT2D eigenvalue weighted by Gasteiger charge is 2.38. The number of nitrogens with zero attached hydrogens (tertiary/aromatic N) is 2. The van der Waals surface area contributed by atoms with Gasteiger partial charge in [-0.1, -0.05) is 26.8 Å². The van der Waals surface area contributed by atoms with Crippen LogP contribution < -0.4 is 5.32 Å². The zero-order valence-electron chi connectivity index (χ0n) is 12.8. The zero-order chi connectivity index (χ0) is 16.7. The summed E-state index contributed by atoms with van der Waals surface area (Å²) in [5.74, 6) is -0.891. The van der Waals surface area contributed by atoms with E-state index in [9.17, 15) is 18.0 Å². The molecular formula is C15H18F3N3O. The molecule has 2 heterocycles. The highest BCUT2D eigenvalue weighted by atomic mass is 19.4. The fourth-order valence-corrected chi connectivity index (χ4v) is 1.88. The first-order valence-electron chi connectivity index (χ1n) is 6.87. The average Bonchev–Trinajstić information content (AvgIpc) is 2.76. The van der Waals surface area contributed by atoms with E-state index in [1.165, 1.54) is 18.3 Å². The van der Waals surface area contributed by atoms with E-state index >= 15 is 0 Å². The Morgan fingerprint density at radius 2 is 1.91 bits per heavy atom. The number of pyridine rings is 1. The van der Waals surface area contributed by atoms with Gasteiger partial charge in [0.05, 0.1) is 5.52 Å². The molecule has 1 N–H and O–H groups in total. The fourth-order valence-electron chi connectivity index (χ4n) is 1.88. The summed E-state index contributed by atoms with van der Waals surface area (Å²) < 4.78 is 40.3. The lowest BCUT2D eigenvalue weighted by atomic mass is 9.88. The molecule has 2 rings (SSSR count). The van der Waals surface area contributed by atoms with Crippen molar-refractivity contribution >= 4 is 11.4 Å². The third kappa shape index (κ3) is 3.08. The molecule has 0 saturated carbocycles. The molecule has 0 spiro atoms. The molecule has 120 valence electrons.